The second-order valence-corrected chi connectivity index (χ2v) is 12.7. The van der Waals surface area contributed by atoms with Crippen LogP contribution in [0.5, 0.6) is 5.75 Å². The van der Waals surface area contributed by atoms with Crippen LogP contribution in [0, 0.1) is 11.6 Å². The summed E-state index contributed by atoms with van der Waals surface area (Å²) < 4.78 is 37.6. The molecule has 0 bridgehead atoms. The summed E-state index contributed by atoms with van der Waals surface area (Å²) in [4.78, 5) is 30.4. The number of carboxylic acids is 1. The zero-order valence-corrected chi connectivity index (χ0v) is 27.0. The standard InChI is InChI=1S/C35H33F2N3O4S.ClH/c1-20(2)38-34(41)31-17-23(32(45-31)21-8-11-24(36)12-9-21)19-44-26-13-14-27(28(37)18-26)33-39-29-16-22(35(42)43)10-15-30(29)40(33)25-6-4-3-5-7-25;/h8-18,20,25H,3-7,19H2,1-2H3,(H,38,41)(H,42,43);1H. The number of carbonyl (C=O) groups is 2. The van der Waals surface area contributed by atoms with Gasteiger partial charge in [0.2, 0.25) is 0 Å². The van der Waals surface area contributed by atoms with Crippen LogP contribution in [0.2, 0.25) is 0 Å². The van der Waals surface area contributed by atoms with Gasteiger partial charge in [0.25, 0.3) is 5.91 Å². The number of aromatic carboxylic acids is 1. The van der Waals surface area contributed by atoms with E-state index in [9.17, 15) is 19.1 Å². The van der Waals surface area contributed by atoms with E-state index in [1.165, 1.54) is 35.6 Å². The highest BCUT2D eigenvalue weighted by Gasteiger charge is 2.25. The Labute approximate surface area is 275 Å². The Kier molecular flexibility index (Phi) is 10.1. The van der Waals surface area contributed by atoms with Crippen molar-refractivity contribution in [3.63, 3.8) is 0 Å². The molecule has 7 nitrogen and oxygen atoms in total. The summed E-state index contributed by atoms with van der Waals surface area (Å²) in [5, 5.41) is 12.4. The number of rotatable bonds is 9. The van der Waals surface area contributed by atoms with Crippen molar-refractivity contribution < 1.29 is 28.2 Å². The fraction of sp³-hybridized carbons (Fsp3) is 0.286. The number of aromatic nitrogens is 2. The van der Waals surface area contributed by atoms with Crippen molar-refractivity contribution in [2.45, 2.75) is 64.6 Å². The third kappa shape index (κ3) is 6.93. The van der Waals surface area contributed by atoms with Crippen molar-refractivity contribution in [1.29, 1.82) is 0 Å². The summed E-state index contributed by atoms with van der Waals surface area (Å²) in [6.45, 7) is 3.83. The van der Waals surface area contributed by atoms with E-state index < -0.39 is 11.8 Å². The molecule has 0 radical (unpaired) electrons. The number of nitrogens with one attached hydrogen (secondary N) is 1. The van der Waals surface area contributed by atoms with E-state index in [2.05, 4.69) is 9.88 Å². The molecule has 2 N–H and O–H groups in total. The fourth-order valence-electron chi connectivity index (χ4n) is 5.89. The summed E-state index contributed by atoms with van der Waals surface area (Å²) in [5.74, 6) is -1.37. The highest BCUT2D eigenvalue weighted by molar-refractivity contribution is 7.17. The lowest BCUT2D eigenvalue weighted by atomic mass is 9.94. The van der Waals surface area contributed by atoms with Crippen molar-refractivity contribution >= 4 is 46.7 Å². The van der Waals surface area contributed by atoms with E-state index in [1.54, 1.807) is 42.5 Å². The lowest BCUT2D eigenvalue weighted by Crippen LogP contribution is -2.29. The number of benzene rings is 3. The molecule has 3 aromatic carbocycles. The van der Waals surface area contributed by atoms with Gasteiger partial charge in [-0.1, -0.05) is 31.4 Å². The first-order valence-electron chi connectivity index (χ1n) is 15.1. The van der Waals surface area contributed by atoms with Gasteiger partial charge in [-0.15, -0.1) is 23.7 Å². The Hall–Kier alpha value is -4.28. The molecule has 0 unspecified atom stereocenters. The molecular weight excluding hydrogens is 632 g/mol. The molecule has 0 aliphatic heterocycles. The predicted molar refractivity (Wildman–Crippen MR) is 178 cm³/mol. The number of nitrogens with zero attached hydrogens (tertiary/aromatic N) is 2. The predicted octanol–water partition coefficient (Wildman–Crippen LogP) is 9.05. The van der Waals surface area contributed by atoms with Crippen molar-refractivity contribution in [2.24, 2.45) is 0 Å². The first-order valence-corrected chi connectivity index (χ1v) is 15.9. The molecule has 1 aliphatic carbocycles. The van der Waals surface area contributed by atoms with Crippen LogP contribution in [0.1, 0.15) is 77.6 Å². The summed E-state index contributed by atoms with van der Waals surface area (Å²) in [7, 11) is 0. The maximum absolute atomic E-state index is 15.8. The number of imidazole rings is 1. The molecule has 0 saturated heterocycles. The molecule has 0 spiro atoms. The summed E-state index contributed by atoms with van der Waals surface area (Å²) in [6.07, 6.45) is 5.16. The molecule has 1 fully saturated rings. The van der Waals surface area contributed by atoms with Crippen LogP contribution in [0.3, 0.4) is 0 Å². The average molecular weight is 666 g/mol. The van der Waals surface area contributed by atoms with Gasteiger partial charge in [0.15, 0.2) is 0 Å². The van der Waals surface area contributed by atoms with Gasteiger partial charge in [-0.05, 0) is 80.8 Å². The molecule has 11 heteroatoms. The number of hydrogen-bond acceptors (Lipinski definition) is 5. The monoisotopic (exact) mass is 665 g/mol. The zero-order chi connectivity index (χ0) is 31.7. The van der Waals surface area contributed by atoms with Crippen molar-refractivity contribution in [3.8, 4) is 27.6 Å². The van der Waals surface area contributed by atoms with Crippen LogP contribution in [0.15, 0.2) is 66.7 Å². The van der Waals surface area contributed by atoms with Gasteiger partial charge >= 0.3 is 5.97 Å². The molecule has 0 atom stereocenters. The van der Waals surface area contributed by atoms with Gasteiger partial charge < -0.3 is 19.7 Å². The molecule has 46 heavy (non-hydrogen) atoms. The van der Waals surface area contributed by atoms with Crippen LogP contribution in [0.4, 0.5) is 8.78 Å². The molecule has 1 amide bonds. The zero-order valence-electron chi connectivity index (χ0n) is 25.4. The van der Waals surface area contributed by atoms with E-state index in [0.29, 0.717) is 27.5 Å². The Balaban J connectivity index is 0.00000417. The summed E-state index contributed by atoms with van der Waals surface area (Å²) in [5.41, 5.74) is 3.19. The SMILES string of the molecule is CC(C)NC(=O)c1cc(COc2ccc(-c3nc4cc(C(=O)O)ccc4n3C3CCCCC3)c(F)c2)c(-c2ccc(F)cc2)s1.Cl. The number of carboxylic acid groups (broad SMARTS) is 1. The number of ether oxygens (including phenoxy) is 1. The molecule has 5 aromatic rings. The van der Waals surface area contributed by atoms with E-state index in [0.717, 1.165) is 53.6 Å². The van der Waals surface area contributed by atoms with Gasteiger partial charge in [0.1, 0.15) is 29.8 Å². The average Bonchev–Trinajstić information content (AvgIpc) is 3.62. The molecule has 2 aromatic heterocycles. The van der Waals surface area contributed by atoms with Gasteiger partial charge in [-0.25, -0.2) is 18.6 Å². The maximum Gasteiger partial charge on any atom is 0.335 e. The lowest BCUT2D eigenvalue weighted by molar-refractivity contribution is 0.0696. The molecule has 6 rings (SSSR count). The van der Waals surface area contributed by atoms with E-state index in [4.69, 9.17) is 9.72 Å². The molecular formula is C35H34ClF2N3O4S. The number of hydrogen-bond donors (Lipinski definition) is 2. The van der Waals surface area contributed by atoms with Crippen LogP contribution in [-0.4, -0.2) is 32.6 Å². The van der Waals surface area contributed by atoms with Crippen LogP contribution in [-0.2, 0) is 6.61 Å². The maximum atomic E-state index is 15.8. The molecule has 1 aliphatic rings. The van der Waals surface area contributed by atoms with Gasteiger partial charge in [0, 0.05) is 28.6 Å². The Morgan fingerprint density at radius 2 is 1.76 bits per heavy atom. The fourth-order valence-corrected chi connectivity index (χ4v) is 6.96. The second-order valence-electron chi connectivity index (χ2n) is 11.6. The number of thiophene rings is 1. The van der Waals surface area contributed by atoms with Gasteiger partial charge in [-0.3, -0.25) is 4.79 Å². The van der Waals surface area contributed by atoms with E-state index in [1.807, 2.05) is 13.8 Å². The number of fused-ring (bicyclic) bond motifs is 1. The third-order valence-electron chi connectivity index (χ3n) is 8.01. The minimum absolute atomic E-state index is 0. The summed E-state index contributed by atoms with van der Waals surface area (Å²) >= 11 is 1.29. The highest BCUT2D eigenvalue weighted by atomic mass is 35.5. The van der Waals surface area contributed by atoms with Crippen molar-refractivity contribution in [3.05, 3.63) is 94.4 Å². The quantitative estimate of drug-likeness (QED) is 0.164. The first kappa shape index (κ1) is 33.1. The smallest absolute Gasteiger partial charge is 0.335 e. The normalized spacial score (nSPS) is 13.5. The summed E-state index contributed by atoms with van der Waals surface area (Å²) in [6, 6.07) is 17.4. The Bertz CT molecular complexity index is 1880. The topological polar surface area (TPSA) is 93.4 Å². The molecule has 240 valence electrons. The van der Waals surface area contributed by atoms with Crippen LogP contribution >= 0.6 is 23.7 Å². The second kappa shape index (κ2) is 14.0. The number of carbonyl (C=O) groups excluding carboxylic acids is 1. The van der Waals surface area contributed by atoms with Crippen molar-refractivity contribution in [2.75, 3.05) is 0 Å². The third-order valence-corrected chi connectivity index (χ3v) is 9.24. The molecule has 2 heterocycles. The first-order chi connectivity index (χ1) is 21.7. The van der Waals surface area contributed by atoms with Gasteiger partial charge in [-0.2, -0.15) is 0 Å². The Morgan fingerprint density at radius 3 is 2.43 bits per heavy atom. The highest BCUT2D eigenvalue weighted by Crippen LogP contribution is 2.38. The largest absolute Gasteiger partial charge is 0.489 e. The molecule has 1 saturated carbocycles. The lowest BCUT2D eigenvalue weighted by Gasteiger charge is -2.25. The van der Waals surface area contributed by atoms with Crippen LogP contribution < -0.4 is 10.1 Å². The van der Waals surface area contributed by atoms with Crippen molar-refractivity contribution in [1.82, 2.24) is 14.9 Å². The minimum atomic E-state index is -1.04. The number of halogens is 3. The minimum Gasteiger partial charge on any atom is -0.489 e. The Morgan fingerprint density at radius 1 is 1.02 bits per heavy atom. The van der Waals surface area contributed by atoms with E-state index >= 15 is 4.39 Å². The van der Waals surface area contributed by atoms with Gasteiger partial charge in [0.05, 0.1) is 27.0 Å². The number of amides is 1. The van der Waals surface area contributed by atoms with E-state index in [-0.39, 0.29) is 48.4 Å². The van der Waals surface area contributed by atoms with Crippen LogP contribution in [0.25, 0.3) is 32.9 Å².